The molecule has 0 unspecified atom stereocenters. The van der Waals surface area contributed by atoms with Gasteiger partial charge in [0.1, 0.15) is 0 Å². The first-order valence-electron chi connectivity index (χ1n) is 6.57. The normalized spacial score (nSPS) is 15.2. The Balaban J connectivity index is 1.78. The molecular formula is C14H17N3OS2. The van der Waals surface area contributed by atoms with Gasteiger partial charge in [0.2, 0.25) is 0 Å². The Kier molecular flexibility index (Phi) is 3.62. The van der Waals surface area contributed by atoms with Gasteiger partial charge in [-0.1, -0.05) is 0 Å². The molecule has 3 heterocycles. The van der Waals surface area contributed by atoms with Crippen LogP contribution in [-0.4, -0.2) is 29.4 Å². The summed E-state index contributed by atoms with van der Waals surface area (Å²) in [5, 5.41) is 5.58. The van der Waals surface area contributed by atoms with Gasteiger partial charge in [-0.2, -0.15) is 0 Å². The van der Waals surface area contributed by atoms with E-state index in [1.807, 2.05) is 19.2 Å². The van der Waals surface area contributed by atoms with E-state index in [-0.39, 0.29) is 5.91 Å². The summed E-state index contributed by atoms with van der Waals surface area (Å²) >= 11 is 3.21. The van der Waals surface area contributed by atoms with Gasteiger partial charge in [-0.05, 0) is 26.5 Å². The van der Waals surface area contributed by atoms with Crippen molar-refractivity contribution in [1.82, 2.24) is 9.88 Å². The molecule has 0 spiro atoms. The lowest BCUT2D eigenvalue weighted by Crippen LogP contribution is -2.25. The summed E-state index contributed by atoms with van der Waals surface area (Å²) in [5.41, 5.74) is 2.97. The molecule has 2 aromatic heterocycles. The summed E-state index contributed by atoms with van der Waals surface area (Å²) in [6.45, 7) is 5.99. The smallest absolute Gasteiger partial charge is 0.258 e. The van der Waals surface area contributed by atoms with Crippen LogP contribution in [0.2, 0.25) is 0 Å². The maximum absolute atomic E-state index is 12.3. The van der Waals surface area contributed by atoms with Gasteiger partial charge in [-0.3, -0.25) is 10.1 Å². The van der Waals surface area contributed by atoms with E-state index in [0.29, 0.717) is 0 Å². The second kappa shape index (κ2) is 5.27. The quantitative estimate of drug-likeness (QED) is 0.927. The topological polar surface area (TPSA) is 45.2 Å². The van der Waals surface area contributed by atoms with E-state index in [1.54, 1.807) is 22.7 Å². The second-order valence-electron chi connectivity index (χ2n) is 5.16. The van der Waals surface area contributed by atoms with E-state index in [4.69, 9.17) is 0 Å². The summed E-state index contributed by atoms with van der Waals surface area (Å²) in [6, 6.07) is 0. The Morgan fingerprint density at radius 3 is 2.95 bits per heavy atom. The Labute approximate surface area is 126 Å². The highest BCUT2D eigenvalue weighted by molar-refractivity contribution is 7.16. The number of likely N-dealkylation sites (N-methyl/N-ethyl adjacent to an activating group) is 1. The fraction of sp³-hybridized carbons (Fsp3) is 0.429. The van der Waals surface area contributed by atoms with Crippen LogP contribution >= 0.6 is 22.7 Å². The van der Waals surface area contributed by atoms with Gasteiger partial charge in [-0.25, -0.2) is 4.98 Å². The van der Waals surface area contributed by atoms with E-state index in [1.165, 1.54) is 9.75 Å². The average molecular weight is 307 g/mol. The van der Waals surface area contributed by atoms with Crippen molar-refractivity contribution in [3.63, 3.8) is 0 Å². The number of hydrogen-bond acceptors (Lipinski definition) is 5. The number of fused-ring (bicyclic) bond motifs is 1. The number of amides is 1. The number of carbonyl (C=O) groups excluding carboxylic acids is 1. The summed E-state index contributed by atoms with van der Waals surface area (Å²) in [7, 11) is 2.11. The second-order valence-corrected chi connectivity index (χ2v) is 7.33. The van der Waals surface area contributed by atoms with Gasteiger partial charge in [-0.15, -0.1) is 22.7 Å². The SMILES string of the molecule is Cc1scc(C(=O)Nc2nc3c(s2)CN(C)CC3)c1C. The van der Waals surface area contributed by atoms with Gasteiger partial charge in [0.05, 0.1) is 11.3 Å². The lowest BCUT2D eigenvalue weighted by atomic mass is 10.2. The van der Waals surface area contributed by atoms with Crippen molar-refractivity contribution in [2.75, 3.05) is 18.9 Å². The van der Waals surface area contributed by atoms with E-state index in [9.17, 15) is 4.79 Å². The Morgan fingerprint density at radius 1 is 1.45 bits per heavy atom. The standard InChI is InChI=1S/C14H17N3OS2/c1-8-9(2)19-7-10(8)13(18)16-14-15-11-4-5-17(3)6-12(11)20-14/h7H,4-6H2,1-3H3,(H,15,16,18). The zero-order valence-electron chi connectivity index (χ0n) is 11.8. The van der Waals surface area contributed by atoms with Crippen LogP contribution in [0.1, 0.15) is 31.4 Å². The molecule has 0 saturated heterocycles. The summed E-state index contributed by atoms with van der Waals surface area (Å²) in [5.74, 6) is -0.0497. The number of rotatable bonds is 2. The van der Waals surface area contributed by atoms with Crippen LogP contribution < -0.4 is 5.32 Å². The number of anilines is 1. The molecule has 0 atom stereocenters. The number of thiazole rings is 1. The van der Waals surface area contributed by atoms with Crippen molar-refractivity contribution >= 4 is 33.7 Å². The Morgan fingerprint density at radius 2 is 2.25 bits per heavy atom. The number of nitrogens with one attached hydrogen (secondary N) is 1. The molecule has 1 aliphatic heterocycles. The first kappa shape index (κ1) is 13.7. The highest BCUT2D eigenvalue weighted by Gasteiger charge is 2.20. The van der Waals surface area contributed by atoms with Crippen LogP contribution in [0, 0.1) is 13.8 Å². The van der Waals surface area contributed by atoms with Crippen molar-refractivity contribution in [2.24, 2.45) is 0 Å². The highest BCUT2D eigenvalue weighted by atomic mass is 32.1. The molecule has 3 rings (SSSR count). The first-order valence-corrected chi connectivity index (χ1v) is 8.27. The third kappa shape index (κ3) is 2.51. The third-order valence-corrected chi connectivity index (χ3v) is 5.68. The molecule has 0 saturated carbocycles. The molecule has 2 aromatic rings. The van der Waals surface area contributed by atoms with E-state index in [2.05, 4.69) is 22.2 Å². The predicted molar refractivity (Wildman–Crippen MR) is 83.9 cm³/mol. The molecule has 1 aliphatic rings. The van der Waals surface area contributed by atoms with Crippen LogP contribution in [0.25, 0.3) is 0 Å². The maximum atomic E-state index is 12.3. The molecule has 6 heteroatoms. The van der Waals surface area contributed by atoms with E-state index < -0.39 is 0 Å². The molecule has 0 bridgehead atoms. The molecule has 0 aliphatic carbocycles. The van der Waals surface area contributed by atoms with E-state index in [0.717, 1.165) is 41.5 Å². The van der Waals surface area contributed by atoms with E-state index >= 15 is 0 Å². The zero-order chi connectivity index (χ0) is 14.3. The minimum atomic E-state index is -0.0497. The predicted octanol–water partition coefficient (Wildman–Crippen LogP) is 3.06. The van der Waals surface area contributed by atoms with Crippen LogP contribution in [0.5, 0.6) is 0 Å². The van der Waals surface area contributed by atoms with Gasteiger partial charge < -0.3 is 4.90 Å². The number of aromatic nitrogens is 1. The number of aryl methyl sites for hydroxylation is 1. The summed E-state index contributed by atoms with van der Waals surface area (Å²) in [6.07, 6.45) is 0.967. The van der Waals surface area contributed by atoms with Crippen molar-refractivity contribution in [1.29, 1.82) is 0 Å². The van der Waals surface area contributed by atoms with Crippen molar-refractivity contribution < 1.29 is 4.79 Å². The molecule has 20 heavy (non-hydrogen) atoms. The zero-order valence-corrected chi connectivity index (χ0v) is 13.5. The van der Waals surface area contributed by atoms with Gasteiger partial charge in [0.15, 0.2) is 5.13 Å². The number of hydrogen-bond donors (Lipinski definition) is 1. The summed E-state index contributed by atoms with van der Waals surface area (Å²) in [4.78, 5) is 21.6. The van der Waals surface area contributed by atoms with Crippen molar-refractivity contribution in [3.8, 4) is 0 Å². The lowest BCUT2D eigenvalue weighted by molar-refractivity contribution is 0.102. The van der Waals surface area contributed by atoms with Gasteiger partial charge >= 0.3 is 0 Å². The number of thiophene rings is 1. The van der Waals surface area contributed by atoms with Crippen LogP contribution in [0.4, 0.5) is 5.13 Å². The first-order chi connectivity index (χ1) is 9.54. The fourth-order valence-electron chi connectivity index (χ4n) is 2.28. The van der Waals surface area contributed by atoms with Gasteiger partial charge in [0, 0.05) is 34.6 Å². The van der Waals surface area contributed by atoms with Crippen molar-refractivity contribution in [2.45, 2.75) is 26.8 Å². The molecule has 1 N–H and O–H groups in total. The summed E-state index contributed by atoms with van der Waals surface area (Å²) < 4.78 is 0. The minimum absolute atomic E-state index is 0.0497. The molecule has 1 amide bonds. The fourth-order valence-corrected chi connectivity index (χ4v) is 4.23. The lowest BCUT2D eigenvalue weighted by Gasteiger charge is -2.20. The molecule has 0 radical (unpaired) electrons. The van der Waals surface area contributed by atoms with Gasteiger partial charge in [0.25, 0.3) is 5.91 Å². The largest absolute Gasteiger partial charge is 0.301 e. The van der Waals surface area contributed by atoms with Crippen molar-refractivity contribution in [3.05, 3.63) is 32.0 Å². The average Bonchev–Trinajstić information content (AvgIpc) is 2.93. The molecule has 4 nitrogen and oxygen atoms in total. The number of carbonyl (C=O) groups is 1. The molecular weight excluding hydrogens is 290 g/mol. The maximum Gasteiger partial charge on any atom is 0.258 e. The molecule has 106 valence electrons. The Bertz CT molecular complexity index is 659. The number of nitrogens with zero attached hydrogens (tertiary/aromatic N) is 2. The van der Waals surface area contributed by atoms with Crippen LogP contribution in [0.3, 0.4) is 0 Å². The molecule has 0 fully saturated rings. The third-order valence-electron chi connectivity index (χ3n) is 3.67. The van der Waals surface area contributed by atoms with Crippen LogP contribution in [-0.2, 0) is 13.0 Å². The minimum Gasteiger partial charge on any atom is -0.301 e. The monoisotopic (exact) mass is 307 g/mol. The molecule has 0 aromatic carbocycles. The van der Waals surface area contributed by atoms with Crippen LogP contribution in [0.15, 0.2) is 5.38 Å². The highest BCUT2D eigenvalue weighted by Crippen LogP contribution is 2.29. The Hall–Kier alpha value is -1.24.